The molecule has 4 N–H and O–H groups in total. The minimum absolute atomic E-state index is 0.00102. The molecule has 0 bridgehead atoms. The van der Waals surface area contributed by atoms with Gasteiger partial charge in [-0.3, -0.25) is 4.98 Å². The summed E-state index contributed by atoms with van der Waals surface area (Å²) in [5.74, 6) is 0. The monoisotopic (exact) mass is 215 g/mol. The van der Waals surface area contributed by atoms with E-state index in [-0.39, 0.29) is 10.9 Å². The number of hydrogen-bond acceptors (Lipinski definition) is 4. The van der Waals surface area contributed by atoms with Crippen LogP contribution in [-0.4, -0.2) is 13.4 Å². The molecule has 0 spiro atoms. The van der Waals surface area contributed by atoms with Crippen molar-refractivity contribution in [2.24, 2.45) is 10.9 Å². The summed E-state index contributed by atoms with van der Waals surface area (Å²) in [6.07, 6.45) is 3.47. The van der Waals surface area contributed by atoms with Crippen LogP contribution in [0.25, 0.3) is 0 Å². The van der Waals surface area contributed by atoms with Crippen LogP contribution < -0.4 is 10.9 Å². The quantitative estimate of drug-likeness (QED) is 0.749. The van der Waals surface area contributed by atoms with E-state index in [1.807, 2.05) is 6.92 Å². The van der Waals surface area contributed by atoms with Gasteiger partial charge in [-0.2, -0.15) is 0 Å². The molecule has 0 unspecified atom stereocenters. The predicted molar refractivity (Wildman–Crippen MR) is 52.8 cm³/mol. The minimum atomic E-state index is -3.69. The van der Waals surface area contributed by atoms with Crippen molar-refractivity contribution < 1.29 is 8.42 Å². The Balaban J connectivity index is 3.14. The fourth-order valence-corrected chi connectivity index (χ4v) is 1.54. The summed E-state index contributed by atoms with van der Waals surface area (Å²) < 4.78 is 22.0. The molecular weight excluding hydrogens is 202 g/mol. The second kappa shape index (κ2) is 4.04. The van der Waals surface area contributed by atoms with Gasteiger partial charge in [0.15, 0.2) is 0 Å². The van der Waals surface area contributed by atoms with Crippen LogP contribution in [0.3, 0.4) is 0 Å². The normalized spacial score (nSPS) is 13.9. The van der Waals surface area contributed by atoms with Crippen molar-refractivity contribution in [2.75, 3.05) is 0 Å². The number of pyridine rings is 1. The number of primary sulfonamides is 1. The highest BCUT2D eigenvalue weighted by molar-refractivity contribution is 7.89. The summed E-state index contributed by atoms with van der Waals surface area (Å²) in [4.78, 5) is 3.78. The third-order valence-corrected chi connectivity index (χ3v) is 2.81. The van der Waals surface area contributed by atoms with Crippen molar-refractivity contribution in [1.29, 1.82) is 0 Å². The van der Waals surface area contributed by atoms with Gasteiger partial charge in [0.05, 0.1) is 0 Å². The lowest BCUT2D eigenvalue weighted by Crippen LogP contribution is -2.15. The Labute approximate surface area is 83.2 Å². The maximum atomic E-state index is 11.0. The fourth-order valence-electron chi connectivity index (χ4n) is 1.03. The molecule has 0 aliphatic rings. The Morgan fingerprint density at radius 3 is 2.64 bits per heavy atom. The van der Waals surface area contributed by atoms with Gasteiger partial charge in [0.25, 0.3) is 0 Å². The van der Waals surface area contributed by atoms with Gasteiger partial charge in [0.1, 0.15) is 4.90 Å². The lowest BCUT2D eigenvalue weighted by Gasteiger charge is -2.08. The number of nitrogens with zero attached hydrogens (tertiary/aromatic N) is 1. The lowest BCUT2D eigenvalue weighted by atomic mass is 10.1. The maximum absolute atomic E-state index is 11.0. The first kappa shape index (κ1) is 11.1. The van der Waals surface area contributed by atoms with Gasteiger partial charge >= 0.3 is 0 Å². The third kappa shape index (κ3) is 2.50. The highest BCUT2D eigenvalue weighted by Gasteiger charge is 2.11. The Bertz CT molecular complexity index is 416. The van der Waals surface area contributed by atoms with Gasteiger partial charge in [-0.25, -0.2) is 13.6 Å². The molecule has 78 valence electrons. The van der Waals surface area contributed by atoms with Gasteiger partial charge < -0.3 is 5.73 Å². The smallest absolute Gasteiger partial charge is 0.239 e. The van der Waals surface area contributed by atoms with Gasteiger partial charge in [-0.15, -0.1) is 0 Å². The van der Waals surface area contributed by atoms with Crippen molar-refractivity contribution in [2.45, 2.75) is 24.3 Å². The van der Waals surface area contributed by atoms with E-state index in [1.165, 1.54) is 12.3 Å². The van der Waals surface area contributed by atoms with Crippen molar-refractivity contribution >= 4 is 10.0 Å². The van der Waals surface area contributed by atoms with E-state index >= 15 is 0 Å². The molecule has 1 aromatic rings. The molecule has 0 saturated heterocycles. The SMILES string of the molecule is CC[C@H](N)c1cncc(S(N)(=O)=O)c1. The molecule has 0 fully saturated rings. The van der Waals surface area contributed by atoms with Crippen LogP contribution in [-0.2, 0) is 10.0 Å². The molecule has 1 aromatic heterocycles. The second-order valence-corrected chi connectivity index (χ2v) is 4.58. The number of sulfonamides is 1. The Morgan fingerprint density at radius 2 is 2.14 bits per heavy atom. The topological polar surface area (TPSA) is 99.1 Å². The summed E-state index contributed by atoms with van der Waals surface area (Å²) in [7, 11) is -3.69. The number of nitrogens with two attached hydrogens (primary N) is 2. The Morgan fingerprint density at radius 1 is 1.50 bits per heavy atom. The summed E-state index contributed by atoms with van der Waals surface area (Å²) in [6, 6.07) is 1.25. The average molecular weight is 215 g/mol. The predicted octanol–water partition coefficient (Wildman–Crippen LogP) is 0.139. The van der Waals surface area contributed by atoms with E-state index in [0.717, 1.165) is 6.42 Å². The average Bonchev–Trinajstić information content (AvgIpc) is 2.15. The highest BCUT2D eigenvalue weighted by atomic mass is 32.2. The number of rotatable bonds is 3. The molecule has 5 nitrogen and oxygen atoms in total. The van der Waals surface area contributed by atoms with Crippen molar-refractivity contribution in [1.82, 2.24) is 4.98 Å². The lowest BCUT2D eigenvalue weighted by molar-refractivity contribution is 0.596. The molecule has 0 radical (unpaired) electrons. The first-order valence-electron chi connectivity index (χ1n) is 4.18. The highest BCUT2D eigenvalue weighted by Crippen LogP contribution is 2.15. The van der Waals surface area contributed by atoms with E-state index in [2.05, 4.69) is 4.98 Å². The summed E-state index contributed by atoms with van der Waals surface area (Å²) >= 11 is 0. The van der Waals surface area contributed by atoms with E-state index in [9.17, 15) is 8.42 Å². The van der Waals surface area contributed by atoms with Crippen LogP contribution in [0.15, 0.2) is 23.4 Å². The van der Waals surface area contributed by atoms with Crippen LogP contribution in [0, 0.1) is 0 Å². The summed E-state index contributed by atoms with van der Waals surface area (Å²) in [5, 5.41) is 4.96. The fraction of sp³-hybridized carbons (Fsp3) is 0.375. The van der Waals surface area contributed by atoms with Crippen LogP contribution >= 0.6 is 0 Å². The van der Waals surface area contributed by atoms with E-state index in [0.29, 0.717) is 5.56 Å². The molecule has 1 atom stereocenters. The molecular formula is C8H13N3O2S. The van der Waals surface area contributed by atoms with Gasteiger partial charge in [-0.1, -0.05) is 6.92 Å². The van der Waals surface area contributed by atoms with Crippen LogP contribution in [0.5, 0.6) is 0 Å². The summed E-state index contributed by atoms with van der Waals surface area (Å²) in [5.41, 5.74) is 6.41. The minimum Gasteiger partial charge on any atom is -0.324 e. The number of hydrogen-bond donors (Lipinski definition) is 2. The van der Waals surface area contributed by atoms with Gasteiger partial charge in [0.2, 0.25) is 10.0 Å². The standard InChI is InChI=1S/C8H13N3O2S/c1-2-8(9)6-3-7(5-11-4-6)14(10,12)13/h3-5,8H,2,9H2,1H3,(H2,10,12,13)/t8-/m0/s1. The largest absolute Gasteiger partial charge is 0.324 e. The number of aromatic nitrogens is 1. The molecule has 0 aromatic carbocycles. The van der Waals surface area contributed by atoms with Crippen molar-refractivity contribution in [3.8, 4) is 0 Å². The van der Waals surface area contributed by atoms with Crippen molar-refractivity contribution in [3.63, 3.8) is 0 Å². The van der Waals surface area contributed by atoms with E-state index < -0.39 is 10.0 Å². The van der Waals surface area contributed by atoms with Crippen molar-refractivity contribution in [3.05, 3.63) is 24.0 Å². The molecule has 0 saturated carbocycles. The second-order valence-electron chi connectivity index (χ2n) is 3.01. The zero-order valence-electron chi connectivity index (χ0n) is 7.84. The molecule has 0 aliphatic heterocycles. The summed E-state index contributed by atoms with van der Waals surface area (Å²) in [6.45, 7) is 1.91. The van der Waals surface area contributed by atoms with Crippen LogP contribution in [0.1, 0.15) is 24.9 Å². The zero-order chi connectivity index (χ0) is 10.8. The van der Waals surface area contributed by atoms with E-state index in [1.54, 1.807) is 6.20 Å². The van der Waals surface area contributed by atoms with E-state index in [4.69, 9.17) is 10.9 Å². The Kier molecular flexibility index (Phi) is 3.20. The molecule has 14 heavy (non-hydrogen) atoms. The first-order chi connectivity index (χ1) is 6.45. The van der Waals surface area contributed by atoms with Gasteiger partial charge in [-0.05, 0) is 18.1 Å². The molecule has 1 rings (SSSR count). The molecule has 1 heterocycles. The molecule has 6 heteroatoms. The van der Waals surface area contributed by atoms with Crippen LogP contribution in [0.4, 0.5) is 0 Å². The third-order valence-electron chi connectivity index (χ3n) is 1.93. The van der Waals surface area contributed by atoms with Crippen LogP contribution in [0.2, 0.25) is 0 Å². The van der Waals surface area contributed by atoms with Gasteiger partial charge in [0, 0.05) is 18.4 Å². The molecule has 0 amide bonds. The zero-order valence-corrected chi connectivity index (χ0v) is 8.66. The Hall–Kier alpha value is -0.980. The molecule has 0 aliphatic carbocycles. The first-order valence-corrected chi connectivity index (χ1v) is 5.73. The maximum Gasteiger partial charge on any atom is 0.239 e.